The maximum absolute atomic E-state index is 12.6. The normalized spacial score (nSPS) is 10.8. The van der Waals surface area contributed by atoms with Crippen LogP contribution in [0.4, 0.5) is 0 Å². The number of nitrogens with one attached hydrogen (secondary N) is 1. The number of phenolic OH excluding ortho intramolecular Hbond substituents is 1. The number of hydrogen-bond donors (Lipinski definition) is 2. The summed E-state index contributed by atoms with van der Waals surface area (Å²) in [4.78, 5) is 15.8. The molecule has 0 amide bonds. The number of pyridine rings is 1. The van der Waals surface area contributed by atoms with Gasteiger partial charge >= 0.3 is 0 Å². The van der Waals surface area contributed by atoms with E-state index in [1.807, 2.05) is 30.3 Å². The van der Waals surface area contributed by atoms with Crippen LogP contribution in [0.15, 0.2) is 47.3 Å². The van der Waals surface area contributed by atoms with Crippen molar-refractivity contribution < 1.29 is 14.6 Å². The van der Waals surface area contributed by atoms with Crippen molar-refractivity contribution in [3.63, 3.8) is 0 Å². The number of halogens is 1. The fourth-order valence-electron chi connectivity index (χ4n) is 2.83. The Morgan fingerprint density at radius 2 is 1.92 bits per heavy atom. The molecule has 0 fully saturated rings. The summed E-state index contributed by atoms with van der Waals surface area (Å²) in [7, 11) is 1.50. The third-order valence-electron chi connectivity index (χ3n) is 4.08. The van der Waals surface area contributed by atoms with E-state index in [0.717, 1.165) is 18.4 Å². The predicted molar refractivity (Wildman–Crippen MR) is 104 cm³/mol. The van der Waals surface area contributed by atoms with Gasteiger partial charge in [0.1, 0.15) is 11.3 Å². The van der Waals surface area contributed by atoms with Crippen LogP contribution in [0.5, 0.6) is 17.2 Å². The van der Waals surface area contributed by atoms with Crippen LogP contribution in [0.3, 0.4) is 0 Å². The van der Waals surface area contributed by atoms with Crippen molar-refractivity contribution in [1.82, 2.24) is 4.98 Å². The number of alkyl halides is 1. The molecule has 0 aliphatic heterocycles. The molecule has 0 spiro atoms. The van der Waals surface area contributed by atoms with E-state index in [2.05, 4.69) is 4.98 Å². The van der Waals surface area contributed by atoms with Crippen LogP contribution in [0, 0.1) is 0 Å². The first-order valence-corrected chi connectivity index (χ1v) is 8.90. The monoisotopic (exact) mass is 373 g/mol. The topological polar surface area (TPSA) is 71.5 Å². The number of aromatic hydroxyl groups is 1. The minimum atomic E-state index is -0.290. The largest absolute Gasteiger partial charge is 0.507 e. The molecule has 5 nitrogen and oxygen atoms in total. The van der Waals surface area contributed by atoms with Crippen molar-refractivity contribution in [3.05, 3.63) is 52.7 Å². The fraction of sp³-hybridized carbons (Fsp3) is 0.250. The van der Waals surface area contributed by atoms with Crippen LogP contribution in [-0.2, 0) is 0 Å². The van der Waals surface area contributed by atoms with Gasteiger partial charge in [-0.3, -0.25) is 4.79 Å². The lowest BCUT2D eigenvalue weighted by Gasteiger charge is -2.15. The molecule has 0 saturated heterocycles. The van der Waals surface area contributed by atoms with Crippen LogP contribution in [0.2, 0.25) is 0 Å². The second-order valence-electron chi connectivity index (χ2n) is 5.83. The molecular formula is C20H20ClNO4. The number of rotatable bonds is 7. The molecule has 0 bridgehead atoms. The Balaban J connectivity index is 2.13. The summed E-state index contributed by atoms with van der Waals surface area (Å²) in [6, 6.07) is 12.4. The Morgan fingerprint density at radius 3 is 2.62 bits per heavy atom. The predicted octanol–water partition coefficient (Wildman–Crippen LogP) is 4.31. The van der Waals surface area contributed by atoms with E-state index < -0.39 is 0 Å². The van der Waals surface area contributed by atoms with E-state index in [-0.39, 0.29) is 16.6 Å². The lowest BCUT2D eigenvalue weighted by atomic mass is 10.1. The van der Waals surface area contributed by atoms with E-state index in [1.165, 1.54) is 19.2 Å². The summed E-state index contributed by atoms with van der Waals surface area (Å²) in [5.74, 6) is 1.19. The second-order valence-corrected chi connectivity index (χ2v) is 6.21. The van der Waals surface area contributed by atoms with E-state index in [4.69, 9.17) is 21.1 Å². The SMILES string of the molecule is COc1c(OCCCCCl)cc(O)c2c(=O)cc(-c3ccccc3)[nH]c12. The summed E-state index contributed by atoms with van der Waals surface area (Å²) >= 11 is 5.68. The lowest BCUT2D eigenvalue weighted by Crippen LogP contribution is -2.06. The summed E-state index contributed by atoms with van der Waals surface area (Å²) < 4.78 is 11.2. The van der Waals surface area contributed by atoms with E-state index in [9.17, 15) is 9.90 Å². The number of unbranched alkanes of at least 4 members (excludes halogenated alkanes) is 1. The maximum atomic E-state index is 12.6. The third kappa shape index (κ3) is 3.63. The molecule has 6 heteroatoms. The zero-order chi connectivity index (χ0) is 18.5. The highest BCUT2D eigenvalue weighted by Gasteiger charge is 2.18. The average molecular weight is 374 g/mol. The average Bonchev–Trinajstić information content (AvgIpc) is 2.65. The Labute approximate surface area is 156 Å². The minimum absolute atomic E-state index is 0.144. The standard InChI is InChI=1S/C20H20ClNO4/c1-25-20-17(26-10-6-5-9-21)12-16(24)18-15(23)11-14(22-19(18)20)13-7-3-2-4-8-13/h2-4,7-8,11-12,24H,5-6,9-10H2,1H3,(H,22,23). The van der Waals surface area contributed by atoms with Gasteiger partial charge in [-0.2, -0.15) is 0 Å². The number of benzene rings is 2. The summed E-state index contributed by atoms with van der Waals surface area (Å²) in [5.41, 5.74) is 1.62. The first kappa shape index (κ1) is 18.1. The van der Waals surface area contributed by atoms with Gasteiger partial charge in [-0.05, 0) is 18.4 Å². The molecule has 136 valence electrons. The van der Waals surface area contributed by atoms with Gasteiger partial charge in [0.05, 0.1) is 19.1 Å². The van der Waals surface area contributed by atoms with E-state index in [1.54, 1.807) is 0 Å². The van der Waals surface area contributed by atoms with Gasteiger partial charge in [0.25, 0.3) is 0 Å². The van der Waals surface area contributed by atoms with E-state index in [0.29, 0.717) is 35.2 Å². The molecule has 0 radical (unpaired) electrons. The van der Waals surface area contributed by atoms with Gasteiger partial charge in [-0.15, -0.1) is 11.6 Å². The van der Waals surface area contributed by atoms with Crippen molar-refractivity contribution in [2.24, 2.45) is 0 Å². The second kappa shape index (κ2) is 8.15. The molecule has 0 saturated carbocycles. The fourth-order valence-corrected chi connectivity index (χ4v) is 3.02. The number of H-pyrrole nitrogens is 1. The van der Waals surface area contributed by atoms with Gasteiger partial charge in [0, 0.05) is 23.7 Å². The first-order chi connectivity index (χ1) is 12.7. The summed E-state index contributed by atoms with van der Waals surface area (Å²) in [6.45, 7) is 0.441. The number of ether oxygens (including phenoxy) is 2. The minimum Gasteiger partial charge on any atom is -0.507 e. The molecule has 0 atom stereocenters. The van der Waals surface area contributed by atoms with Crippen molar-refractivity contribution in [2.45, 2.75) is 12.8 Å². The molecule has 0 unspecified atom stereocenters. The van der Waals surface area contributed by atoms with Crippen molar-refractivity contribution >= 4 is 22.5 Å². The summed E-state index contributed by atoms with van der Waals surface area (Å²) in [6.07, 6.45) is 1.62. The lowest BCUT2D eigenvalue weighted by molar-refractivity contribution is 0.288. The zero-order valence-corrected chi connectivity index (χ0v) is 15.2. The number of phenols is 1. The quantitative estimate of drug-likeness (QED) is 0.478. The Bertz CT molecular complexity index is 953. The molecule has 3 aromatic rings. The van der Waals surface area contributed by atoms with Gasteiger partial charge in [-0.1, -0.05) is 30.3 Å². The molecule has 2 aromatic carbocycles. The number of aromatic amines is 1. The molecule has 26 heavy (non-hydrogen) atoms. The first-order valence-electron chi connectivity index (χ1n) is 8.37. The van der Waals surface area contributed by atoms with Gasteiger partial charge < -0.3 is 19.6 Å². The Morgan fingerprint density at radius 1 is 1.15 bits per heavy atom. The Kier molecular flexibility index (Phi) is 5.68. The molecule has 2 N–H and O–H groups in total. The zero-order valence-electron chi connectivity index (χ0n) is 14.4. The van der Waals surface area contributed by atoms with Crippen LogP contribution < -0.4 is 14.9 Å². The van der Waals surface area contributed by atoms with Crippen molar-refractivity contribution in [3.8, 4) is 28.5 Å². The van der Waals surface area contributed by atoms with Crippen LogP contribution >= 0.6 is 11.6 Å². The van der Waals surface area contributed by atoms with Gasteiger partial charge in [0.15, 0.2) is 16.9 Å². The molecule has 0 aliphatic rings. The van der Waals surface area contributed by atoms with Crippen LogP contribution in [0.1, 0.15) is 12.8 Å². The van der Waals surface area contributed by atoms with Gasteiger partial charge in [0.2, 0.25) is 0 Å². The highest BCUT2D eigenvalue weighted by molar-refractivity contribution is 6.17. The van der Waals surface area contributed by atoms with Crippen LogP contribution in [-0.4, -0.2) is 29.7 Å². The molecular weight excluding hydrogens is 354 g/mol. The number of methoxy groups -OCH3 is 1. The number of hydrogen-bond acceptors (Lipinski definition) is 4. The van der Waals surface area contributed by atoms with E-state index >= 15 is 0 Å². The van der Waals surface area contributed by atoms with Crippen molar-refractivity contribution in [1.29, 1.82) is 0 Å². The summed E-state index contributed by atoms with van der Waals surface area (Å²) in [5, 5.41) is 10.5. The smallest absolute Gasteiger partial charge is 0.193 e. The maximum Gasteiger partial charge on any atom is 0.193 e. The Hall–Kier alpha value is -2.66. The van der Waals surface area contributed by atoms with Gasteiger partial charge in [-0.25, -0.2) is 0 Å². The number of fused-ring (bicyclic) bond motifs is 1. The molecule has 1 aromatic heterocycles. The number of aromatic nitrogens is 1. The molecule has 1 heterocycles. The molecule has 3 rings (SSSR count). The highest BCUT2D eigenvalue weighted by atomic mass is 35.5. The molecule has 0 aliphatic carbocycles. The third-order valence-corrected chi connectivity index (χ3v) is 4.35. The highest BCUT2D eigenvalue weighted by Crippen LogP contribution is 2.39. The van der Waals surface area contributed by atoms with Crippen molar-refractivity contribution in [2.75, 3.05) is 19.6 Å². The van der Waals surface area contributed by atoms with Crippen LogP contribution in [0.25, 0.3) is 22.2 Å².